The molecule has 2 aromatic rings. The summed E-state index contributed by atoms with van der Waals surface area (Å²) < 4.78 is 37.3. The molecule has 0 aliphatic heterocycles. The van der Waals surface area contributed by atoms with Crippen molar-refractivity contribution < 1.29 is 18.3 Å². The van der Waals surface area contributed by atoms with Gasteiger partial charge in [-0.05, 0) is 36.8 Å². The molecule has 1 N–H and O–H groups in total. The minimum Gasteiger partial charge on any atom is -0.390 e. The highest BCUT2D eigenvalue weighted by Crippen LogP contribution is 2.29. The van der Waals surface area contributed by atoms with E-state index >= 15 is 0 Å². The number of aromatic nitrogens is 2. The van der Waals surface area contributed by atoms with Gasteiger partial charge in [-0.1, -0.05) is 18.2 Å². The van der Waals surface area contributed by atoms with Gasteiger partial charge in [-0.15, -0.1) is 0 Å². The molecule has 110 valence electrons. The Morgan fingerprint density at radius 1 is 1.10 bits per heavy atom. The molecule has 3 nitrogen and oxygen atoms in total. The number of aliphatic hydroxyl groups excluding tert-OH is 1. The number of rotatable bonds is 3. The van der Waals surface area contributed by atoms with Crippen LogP contribution >= 0.6 is 0 Å². The summed E-state index contributed by atoms with van der Waals surface area (Å²) in [7, 11) is 0. The van der Waals surface area contributed by atoms with Gasteiger partial charge in [0.05, 0.1) is 23.6 Å². The highest BCUT2D eigenvalue weighted by molar-refractivity contribution is 5.68. The van der Waals surface area contributed by atoms with E-state index < -0.39 is 11.7 Å². The van der Waals surface area contributed by atoms with E-state index in [-0.39, 0.29) is 6.61 Å². The van der Waals surface area contributed by atoms with Gasteiger partial charge in [0.25, 0.3) is 0 Å². The number of aliphatic hydroxyl groups is 1. The van der Waals surface area contributed by atoms with E-state index in [0.29, 0.717) is 22.8 Å². The predicted octanol–water partition coefficient (Wildman–Crippen LogP) is 3.47. The summed E-state index contributed by atoms with van der Waals surface area (Å²) in [6.45, 7) is 1.51. The van der Waals surface area contributed by atoms with Gasteiger partial charge < -0.3 is 5.11 Å². The van der Waals surface area contributed by atoms with Crippen molar-refractivity contribution >= 4 is 12.2 Å². The molecule has 0 radical (unpaired) electrons. The molecule has 0 aliphatic rings. The number of benzene rings is 1. The van der Waals surface area contributed by atoms with E-state index in [9.17, 15) is 13.2 Å². The zero-order valence-corrected chi connectivity index (χ0v) is 11.2. The van der Waals surface area contributed by atoms with E-state index in [1.807, 2.05) is 0 Å². The topological polar surface area (TPSA) is 46.0 Å². The van der Waals surface area contributed by atoms with Crippen molar-refractivity contribution in [1.82, 2.24) is 9.97 Å². The lowest BCUT2D eigenvalue weighted by atomic mass is 10.1. The summed E-state index contributed by atoms with van der Waals surface area (Å²) in [4.78, 5) is 8.19. The SMILES string of the molecule is Cc1nc(/C=C/c2ccc(C(F)(F)F)cc2)cc(CO)n1. The molecule has 0 saturated carbocycles. The number of hydrogen-bond acceptors (Lipinski definition) is 3. The molecule has 0 atom stereocenters. The van der Waals surface area contributed by atoms with Gasteiger partial charge in [-0.3, -0.25) is 0 Å². The maximum atomic E-state index is 12.4. The second-order valence-electron chi connectivity index (χ2n) is 4.44. The second kappa shape index (κ2) is 6.05. The van der Waals surface area contributed by atoms with Gasteiger partial charge >= 0.3 is 6.18 Å². The predicted molar refractivity (Wildman–Crippen MR) is 73.1 cm³/mol. The third kappa shape index (κ3) is 4.13. The molecule has 6 heteroatoms. The van der Waals surface area contributed by atoms with Gasteiger partial charge in [-0.25, -0.2) is 9.97 Å². The molecule has 0 spiro atoms. The van der Waals surface area contributed by atoms with Gasteiger partial charge in [0.1, 0.15) is 5.82 Å². The maximum absolute atomic E-state index is 12.4. The van der Waals surface area contributed by atoms with E-state index in [0.717, 1.165) is 12.1 Å². The minimum absolute atomic E-state index is 0.190. The monoisotopic (exact) mass is 294 g/mol. The van der Waals surface area contributed by atoms with E-state index in [1.165, 1.54) is 12.1 Å². The first-order valence-corrected chi connectivity index (χ1v) is 6.19. The van der Waals surface area contributed by atoms with Crippen LogP contribution < -0.4 is 0 Å². The highest BCUT2D eigenvalue weighted by Gasteiger charge is 2.29. The molecule has 2 rings (SSSR count). The lowest BCUT2D eigenvalue weighted by Gasteiger charge is -2.06. The fraction of sp³-hybridized carbons (Fsp3) is 0.200. The summed E-state index contributed by atoms with van der Waals surface area (Å²) in [5.41, 5.74) is 1.03. The molecule has 1 heterocycles. The maximum Gasteiger partial charge on any atom is 0.416 e. The van der Waals surface area contributed by atoms with Crippen LogP contribution in [0.5, 0.6) is 0 Å². The zero-order valence-electron chi connectivity index (χ0n) is 11.2. The quantitative estimate of drug-likeness (QED) is 0.943. The summed E-state index contributed by atoms with van der Waals surface area (Å²) in [5, 5.41) is 9.06. The average Bonchev–Trinajstić information content (AvgIpc) is 2.44. The van der Waals surface area contributed by atoms with Crippen molar-refractivity contribution in [3.8, 4) is 0 Å². The van der Waals surface area contributed by atoms with Crippen molar-refractivity contribution in [2.45, 2.75) is 19.7 Å². The molecule has 0 saturated heterocycles. The molecule has 0 aliphatic carbocycles. The van der Waals surface area contributed by atoms with Crippen molar-refractivity contribution in [1.29, 1.82) is 0 Å². The van der Waals surface area contributed by atoms with Crippen molar-refractivity contribution in [3.63, 3.8) is 0 Å². The summed E-state index contributed by atoms with van der Waals surface area (Å²) >= 11 is 0. The van der Waals surface area contributed by atoms with Crippen LogP contribution in [-0.4, -0.2) is 15.1 Å². The van der Waals surface area contributed by atoms with Crippen LogP contribution in [0.15, 0.2) is 30.3 Å². The molecular weight excluding hydrogens is 281 g/mol. The number of alkyl halides is 3. The zero-order chi connectivity index (χ0) is 15.5. The van der Waals surface area contributed by atoms with Crippen LogP contribution in [0.25, 0.3) is 12.2 Å². The molecule has 1 aromatic heterocycles. The number of halogens is 3. The summed E-state index contributed by atoms with van der Waals surface area (Å²) in [5.74, 6) is 0.522. The Morgan fingerprint density at radius 2 is 1.76 bits per heavy atom. The molecular formula is C15H13F3N2O. The number of hydrogen-bond donors (Lipinski definition) is 1. The van der Waals surface area contributed by atoms with E-state index in [1.54, 1.807) is 25.1 Å². The van der Waals surface area contributed by atoms with Crippen LogP contribution in [-0.2, 0) is 12.8 Å². The van der Waals surface area contributed by atoms with Crippen LogP contribution in [0.3, 0.4) is 0 Å². The van der Waals surface area contributed by atoms with Gasteiger partial charge in [-0.2, -0.15) is 13.2 Å². The number of aryl methyl sites for hydroxylation is 1. The Balaban J connectivity index is 2.19. The molecule has 21 heavy (non-hydrogen) atoms. The molecule has 0 fully saturated rings. The summed E-state index contributed by atoms with van der Waals surface area (Å²) in [6.07, 6.45) is -1.01. The average molecular weight is 294 g/mol. The standard InChI is InChI=1S/C15H13F3N2O/c1-10-19-13(8-14(9-21)20-10)7-4-11-2-5-12(6-3-11)15(16,17)18/h2-8,21H,9H2,1H3/b7-4+. The van der Waals surface area contributed by atoms with Gasteiger partial charge in [0.15, 0.2) is 0 Å². The molecule has 0 amide bonds. The largest absolute Gasteiger partial charge is 0.416 e. The van der Waals surface area contributed by atoms with Crippen LogP contribution in [0.2, 0.25) is 0 Å². The van der Waals surface area contributed by atoms with Crippen LogP contribution in [0, 0.1) is 6.92 Å². The van der Waals surface area contributed by atoms with Crippen LogP contribution in [0.4, 0.5) is 13.2 Å². The summed E-state index contributed by atoms with van der Waals surface area (Å²) in [6, 6.07) is 6.46. The van der Waals surface area contributed by atoms with Crippen molar-refractivity contribution in [3.05, 3.63) is 58.7 Å². The Morgan fingerprint density at radius 3 is 2.33 bits per heavy atom. The molecule has 0 unspecified atom stereocenters. The van der Waals surface area contributed by atoms with E-state index in [4.69, 9.17) is 5.11 Å². The van der Waals surface area contributed by atoms with Crippen molar-refractivity contribution in [2.75, 3.05) is 0 Å². The fourth-order valence-electron chi connectivity index (χ4n) is 1.79. The lowest BCUT2D eigenvalue weighted by molar-refractivity contribution is -0.137. The first-order valence-electron chi connectivity index (χ1n) is 6.19. The third-order valence-electron chi connectivity index (χ3n) is 2.76. The third-order valence-corrected chi connectivity index (χ3v) is 2.76. The Labute approximate surface area is 119 Å². The molecule has 0 bridgehead atoms. The lowest BCUT2D eigenvalue weighted by Crippen LogP contribution is -2.03. The second-order valence-corrected chi connectivity index (χ2v) is 4.44. The van der Waals surface area contributed by atoms with Gasteiger partial charge in [0.2, 0.25) is 0 Å². The Bertz CT molecular complexity index is 649. The normalized spacial score (nSPS) is 12.0. The first-order chi connectivity index (χ1) is 9.88. The number of nitrogens with zero attached hydrogens (tertiary/aromatic N) is 2. The minimum atomic E-state index is -4.33. The fourth-order valence-corrected chi connectivity index (χ4v) is 1.79. The van der Waals surface area contributed by atoms with Crippen LogP contribution in [0.1, 0.15) is 28.3 Å². The van der Waals surface area contributed by atoms with E-state index in [2.05, 4.69) is 9.97 Å². The van der Waals surface area contributed by atoms with Gasteiger partial charge in [0, 0.05) is 0 Å². The highest BCUT2D eigenvalue weighted by atomic mass is 19.4. The smallest absolute Gasteiger partial charge is 0.390 e. The first kappa shape index (κ1) is 15.2. The Kier molecular flexibility index (Phi) is 4.37. The Hall–Kier alpha value is -2.21. The van der Waals surface area contributed by atoms with Crippen molar-refractivity contribution in [2.24, 2.45) is 0 Å². The molecule has 1 aromatic carbocycles.